The van der Waals surface area contributed by atoms with Crippen LogP contribution in [0.25, 0.3) is 0 Å². The van der Waals surface area contributed by atoms with Crippen LogP contribution in [0.3, 0.4) is 0 Å². The van der Waals surface area contributed by atoms with Crippen LogP contribution in [0.4, 0.5) is 4.39 Å². The number of halogens is 2. The molecule has 1 aromatic carbocycles. The van der Waals surface area contributed by atoms with Crippen LogP contribution in [-0.2, 0) is 4.79 Å². The number of aromatic hydroxyl groups is 1. The highest BCUT2D eigenvalue weighted by Crippen LogP contribution is 2.40. The van der Waals surface area contributed by atoms with Crippen molar-refractivity contribution in [1.82, 2.24) is 10.6 Å². The number of hydrogen-bond acceptors (Lipinski definition) is 3. The number of benzene rings is 1. The molecule has 134 valence electrons. The molecule has 0 unspecified atom stereocenters. The highest BCUT2D eigenvalue weighted by Gasteiger charge is 2.34. The quantitative estimate of drug-likeness (QED) is 0.774. The molecule has 6 heteroatoms. The van der Waals surface area contributed by atoms with Crippen molar-refractivity contribution in [3.8, 4) is 5.75 Å². The van der Waals surface area contributed by atoms with Crippen LogP contribution in [0.5, 0.6) is 5.75 Å². The standard InChI is InChI=1S/C18H26ClFN2O2/c1-10-9-12(23)13(15(20)14(10)19)16(11-5-7-21-8-6-11)22-17(24)18(2,3)4/h9,11,16,21,23H,5-8H2,1-4H3,(H,22,24)/t16-/m1/s1. The predicted molar refractivity (Wildman–Crippen MR) is 93.7 cm³/mol. The maximum atomic E-state index is 14.8. The van der Waals surface area contributed by atoms with Gasteiger partial charge in [-0.25, -0.2) is 4.39 Å². The third-order valence-electron chi connectivity index (χ3n) is 4.54. The Bertz CT molecular complexity index is 622. The average Bonchev–Trinajstić information content (AvgIpc) is 2.51. The number of carbonyl (C=O) groups is 1. The molecule has 24 heavy (non-hydrogen) atoms. The molecule has 1 aromatic rings. The third kappa shape index (κ3) is 4.01. The molecule has 0 bridgehead atoms. The molecule has 3 N–H and O–H groups in total. The van der Waals surface area contributed by atoms with Crippen LogP contribution in [-0.4, -0.2) is 24.1 Å². The fraction of sp³-hybridized carbons (Fsp3) is 0.611. The number of phenolic OH excluding ortho intramolecular Hbond substituents is 1. The van der Waals surface area contributed by atoms with Crippen molar-refractivity contribution in [3.05, 3.63) is 28.0 Å². The SMILES string of the molecule is Cc1cc(O)c([C@H](NC(=O)C(C)(C)C)C2CCNCC2)c(F)c1Cl. The summed E-state index contributed by atoms with van der Waals surface area (Å²) in [5, 5.41) is 16.5. The highest BCUT2D eigenvalue weighted by molar-refractivity contribution is 6.31. The minimum absolute atomic E-state index is 0.00765. The minimum atomic E-state index is -0.646. The van der Waals surface area contributed by atoms with Gasteiger partial charge >= 0.3 is 0 Å². The van der Waals surface area contributed by atoms with Gasteiger partial charge < -0.3 is 15.7 Å². The van der Waals surface area contributed by atoms with Crippen molar-refractivity contribution in [2.75, 3.05) is 13.1 Å². The summed E-state index contributed by atoms with van der Waals surface area (Å²) in [6.45, 7) is 8.66. The zero-order valence-corrected chi connectivity index (χ0v) is 15.4. The van der Waals surface area contributed by atoms with E-state index >= 15 is 0 Å². The van der Waals surface area contributed by atoms with E-state index in [1.807, 2.05) is 0 Å². The zero-order valence-electron chi connectivity index (χ0n) is 14.7. The fourth-order valence-corrected chi connectivity index (χ4v) is 3.16. The van der Waals surface area contributed by atoms with E-state index in [0.29, 0.717) is 5.56 Å². The third-order valence-corrected chi connectivity index (χ3v) is 5.00. The van der Waals surface area contributed by atoms with Crippen molar-refractivity contribution < 1.29 is 14.3 Å². The molecule has 4 nitrogen and oxygen atoms in total. The molecule has 2 rings (SSSR count). The van der Waals surface area contributed by atoms with Crippen molar-refractivity contribution in [2.45, 2.75) is 46.6 Å². The lowest BCUT2D eigenvalue weighted by molar-refractivity contribution is -0.129. The lowest BCUT2D eigenvalue weighted by Crippen LogP contribution is -2.43. The summed E-state index contributed by atoms with van der Waals surface area (Å²) in [6, 6.07) is 0.856. The van der Waals surface area contributed by atoms with E-state index in [9.17, 15) is 14.3 Å². The Morgan fingerprint density at radius 3 is 2.54 bits per heavy atom. The first-order valence-corrected chi connectivity index (χ1v) is 8.70. The number of carbonyl (C=O) groups excluding carboxylic acids is 1. The van der Waals surface area contributed by atoms with E-state index in [0.717, 1.165) is 25.9 Å². The molecule has 1 aliphatic heterocycles. The summed E-state index contributed by atoms with van der Waals surface area (Å²) in [6.07, 6.45) is 1.58. The van der Waals surface area contributed by atoms with E-state index in [1.54, 1.807) is 27.7 Å². The molecule has 1 heterocycles. The summed E-state index contributed by atoms with van der Waals surface area (Å²) in [7, 11) is 0. The first kappa shape index (κ1) is 19.0. The Morgan fingerprint density at radius 1 is 1.42 bits per heavy atom. The molecular formula is C18H26ClFN2O2. The maximum absolute atomic E-state index is 14.8. The molecular weight excluding hydrogens is 331 g/mol. The van der Waals surface area contributed by atoms with Gasteiger partial charge in [0.1, 0.15) is 5.75 Å². The number of phenols is 1. The van der Waals surface area contributed by atoms with Gasteiger partial charge in [-0.3, -0.25) is 4.79 Å². The molecule has 1 atom stereocenters. The number of rotatable bonds is 3. The Kier molecular flexibility index (Phi) is 5.76. The number of hydrogen-bond donors (Lipinski definition) is 3. The lowest BCUT2D eigenvalue weighted by Gasteiger charge is -2.34. The van der Waals surface area contributed by atoms with Gasteiger partial charge in [-0.15, -0.1) is 0 Å². The van der Waals surface area contributed by atoms with Gasteiger partial charge in [-0.1, -0.05) is 32.4 Å². The number of piperidine rings is 1. The number of nitrogens with one attached hydrogen (secondary N) is 2. The van der Waals surface area contributed by atoms with Crippen molar-refractivity contribution in [2.24, 2.45) is 11.3 Å². The van der Waals surface area contributed by atoms with Crippen LogP contribution in [0.15, 0.2) is 6.07 Å². The molecule has 1 aliphatic rings. The van der Waals surface area contributed by atoms with E-state index in [-0.39, 0.29) is 28.2 Å². The highest BCUT2D eigenvalue weighted by atomic mass is 35.5. The van der Waals surface area contributed by atoms with E-state index in [1.165, 1.54) is 6.07 Å². The van der Waals surface area contributed by atoms with Gasteiger partial charge in [0.2, 0.25) is 5.91 Å². The molecule has 0 aromatic heterocycles. The number of aryl methyl sites for hydroxylation is 1. The van der Waals surface area contributed by atoms with Gasteiger partial charge in [0, 0.05) is 5.41 Å². The molecule has 0 spiro atoms. The smallest absolute Gasteiger partial charge is 0.225 e. The summed E-state index contributed by atoms with van der Waals surface area (Å²) in [4.78, 5) is 12.5. The lowest BCUT2D eigenvalue weighted by atomic mass is 9.83. The second kappa shape index (κ2) is 7.28. The first-order chi connectivity index (χ1) is 11.1. The van der Waals surface area contributed by atoms with Crippen LogP contribution < -0.4 is 10.6 Å². The van der Waals surface area contributed by atoms with Crippen LogP contribution in [0.1, 0.15) is 50.8 Å². The summed E-state index contributed by atoms with van der Waals surface area (Å²) in [5.74, 6) is -0.947. The second-order valence-corrected chi connectivity index (χ2v) is 7.92. The normalized spacial score (nSPS) is 17.6. The Balaban J connectivity index is 2.46. The van der Waals surface area contributed by atoms with Crippen molar-refractivity contribution in [3.63, 3.8) is 0 Å². The minimum Gasteiger partial charge on any atom is -0.507 e. The van der Waals surface area contributed by atoms with Gasteiger partial charge in [0.15, 0.2) is 5.82 Å². The average molecular weight is 357 g/mol. The Hall–Kier alpha value is -1.33. The van der Waals surface area contributed by atoms with Crippen LogP contribution >= 0.6 is 11.6 Å². The Labute approximate surface area is 147 Å². The topological polar surface area (TPSA) is 61.4 Å². The van der Waals surface area contributed by atoms with Crippen molar-refractivity contribution in [1.29, 1.82) is 0 Å². The monoisotopic (exact) mass is 356 g/mol. The van der Waals surface area contributed by atoms with E-state index < -0.39 is 17.3 Å². The summed E-state index contributed by atoms with van der Waals surface area (Å²) >= 11 is 6.05. The molecule has 1 saturated heterocycles. The first-order valence-electron chi connectivity index (χ1n) is 8.32. The maximum Gasteiger partial charge on any atom is 0.225 e. The van der Waals surface area contributed by atoms with Crippen molar-refractivity contribution >= 4 is 17.5 Å². The summed E-state index contributed by atoms with van der Waals surface area (Å²) < 4.78 is 14.8. The van der Waals surface area contributed by atoms with E-state index in [2.05, 4.69) is 10.6 Å². The molecule has 0 saturated carbocycles. The number of amides is 1. The van der Waals surface area contributed by atoms with Crippen LogP contribution in [0.2, 0.25) is 5.02 Å². The van der Waals surface area contributed by atoms with Crippen LogP contribution in [0, 0.1) is 24.1 Å². The molecule has 0 aliphatic carbocycles. The molecule has 0 radical (unpaired) electrons. The van der Waals surface area contributed by atoms with Gasteiger partial charge in [0.05, 0.1) is 16.6 Å². The van der Waals surface area contributed by atoms with Gasteiger partial charge in [-0.05, 0) is 50.4 Å². The van der Waals surface area contributed by atoms with Gasteiger partial charge in [-0.2, -0.15) is 0 Å². The predicted octanol–water partition coefficient (Wildman–Crippen LogP) is 3.70. The fourth-order valence-electron chi connectivity index (χ4n) is 3.01. The summed E-state index contributed by atoms with van der Waals surface area (Å²) in [5.41, 5.74) is -0.0390. The van der Waals surface area contributed by atoms with E-state index in [4.69, 9.17) is 11.6 Å². The largest absolute Gasteiger partial charge is 0.507 e. The molecule has 1 amide bonds. The Morgan fingerprint density at radius 2 is 2.00 bits per heavy atom. The van der Waals surface area contributed by atoms with Gasteiger partial charge in [0.25, 0.3) is 0 Å². The zero-order chi connectivity index (χ0) is 18.1. The molecule has 1 fully saturated rings. The second-order valence-electron chi connectivity index (χ2n) is 7.54.